The van der Waals surface area contributed by atoms with Crippen LogP contribution in [0.3, 0.4) is 0 Å². The van der Waals surface area contributed by atoms with Crippen molar-refractivity contribution in [2.24, 2.45) is 5.41 Å². The van der Waals surface area contributed by atoms with Gasteiger partial charge in [0, 0.05) is 29.1 Å². The van der Waals surface area contributed by atoms with Gasteiger partial charge in [0.05, 0.1) is 6.10 Å². The monoisotopic (exact) mass is 323 g/mol. The normalized spacial score (nSPS) is 27.9. The number of nitrogens with one attached hydrogen (secondary N) is 1. The van der Waals surface area contributed by atoms with E-state index in [1.165, 1.54) is 31.2 Å². The number of hydrogen-bond acceptors (Lipinski definition) is 2. The Hall–Kier alpha value is -0.380. The molecule has 2 nitrogen and oxygen atoms in total. The van der Waals surface area contributed by atoms with Crippen LogP contribution in [0.15, 0.2) is 28.7 Å². The average Bonchev–Trinajstić information content (AvgIpc) is 2.31. The zero-order valence-corrected chi connectivity index (χ0v) is 13.1. The lowest BCUT2D eigenvalue weighted by atomic mass is 9.51. The third-order valence-corrected chi connectivity index (χ3v) is 5.37. The molecule has 0 bridgehead atoms. The standard InChI is InChI=1S/C16H22BrNO/c1-2-19-15-10-14(16(15)7-4-8-16)18-11-12-5-3-6-13(17)9-12/h3,5-6,9,14-15,18H,2,4,7-8,10-11H2,1H3. The van der Waals surface area contributed by atoms with E-state index in [9.17, 15) is 0 Å². The van der Waals surface area contributed by atoms with Crippen molar-refractivity contribution in [1.29, 1.82) is 0 Å². The lowest BCUT2D eigenvalue weighted by Crippen LogP contribution is -2.66. The van der Waals surface area contributed by atoms with Gasteiger partial charge in [-0.2, -0.15) is 0 Å². The van der Waals surface area contributed by atoms with Crippen molar-refractivity contribution in [3.63, 3.8) is 0 Å². The summed E-state index contributed by atoms with van der Waals surface area (Å²) in [6, 6.07) is 9.20. The summed E-state index contributed by atoms with van der Waals surface area (Å²) in [4.78, 5) is 0. The fourth-order valence-corrected chi connectivity index (χ4v) is 4.06. The molecular formula is C16H22BrNO. The predicted molar refractivity (Wildman–Crippen MR) is 81.1 cm³/mol. The maximum atomic E-state index is 5.89. The predicted octanol–water partition coefficient (Wildman–Crippen LogP) is 3.89. The van der Waals surface area contributed by atoms with Crippen molar-refractivity contribution in [2.75, 3.05) is 6.61 Å². The van der Waals surface area contributed by atoms with Crippen LogP contribution in [0, 0.1) is 5.41 Å². The minimum absolute atomic E-state index is 0.460. The molecule has 0 amide bonds. The van der Waals surface area contributed by atoms with Crippen molar-refractivity contribution in [3.05, 3.63) is 34.3 Å². The summed E-state index contributed by atoms with van der Waals surface area (Å²) in [6.07, 6.45) is 5.74. The van der Waals surface area contributed by atoms with Gasteiger partial charge < -0.3 is 10.1 Å². The van der Waals surface area contributed by atoms with E-state index in [0.29, 0.717) is 17.6 Å². The molecule has 0 heterocycles. The molecule has 2 aliphatic carbocycles. The van der Waals surface area contributed by atoms with Crippen molar-refractivity contribution >= 4 is 15.9 Å². The molecule has 104 valence electrons. The Kier molecular flexibility index (Phi) is 3.97. The Labute approximate surface area is 124 Å². The third kappa shape index (κ3) is 2.48. The molecule has 1 spiro atoms. The molecule has 1 aromatic rings. The highest BCUT2D eigenvalue weighted by atomic mass is 79.9. The van der Waals surface area contributed by atoms with Crippen LogP contribution in [0.2, 0.25) is 0 Å². The van der Waals surface area contributed by atoms with Gasteiger partial charge in [-0.1, -0.05) is 34.5 Å². The quantitative estimate of drug-likeness (QED) is 0.887. The van der Waals surface area contributed by atoms with Crippen LogP contribution >= 0.6 is 15.9 Å². The molecule has 2 saturated carbocycles. The van der Waals surface area contributed by atoms with Crippen molar-refractivity contribution in [1.82, 2.24) is 5.32 Å². The lowest BCUT2D eigenvalue weighted by Gasteiger charge is -2.61. The maximum absolute atomic E-state index is 5.89. The van der Waals surface area contributed by atoms with Crippen molar-refractivity contribution in [2.45, 2.75) is 51.3 Å². The molecule has 3 rings (SSSR count). The SMILES string of the molecule is CCOC1CC(NCc2cccc(Br)c2)C12CCC2. The Balaban J connectivity index is 1.57. The first-order chi connectivity index (χ1) is 9.24. The first-order valence-corrected chi connectivity index (χ1v) is 8.13. The van der Waals surface area contributed by atoms with Crippen LogP contribution < -0.4 is 5.32 Å². The molecule has 1 N–H and O–H groups in total. The minimum atomic E-state index is 0.460. The first kappa shape index (κ1) is 13.6. The van der Waals surface area contributed by atoms with Crippen LogP contribution in [0.5, 0.6) is 0 Å². The highest BCUT2D eigenvalue weighted by Gasteiger charge is 2.58. The Morgan fingerprint density at radius 1 is 1.42 bits per heavy atom. The molecule has 19 heavy (non-hydrogen) atoms. The summed E-state index contributed by atoms with van der Waals surface area (Å²) in [5.74, 6) is 0. The summed E-state index contributed by atoms with van der Waals surface area (Å²) in [6.45, 7) is 3.92. The Bertz CT molecular complexity index is 444. The summed E-state index contributed by atoms with van der Waals surface area (Å²) in [5, 5.41) is 3.74. The van der Waals surface area contributed by atoms with Crippen molar-refractivity contribution < 1.29 is 4.74 Å². The van der Waals surface area contributed by atoms with Gasteiger partial charge in [0.15, 0.2) is 0 Å². The van der Waals surface area contributed by atoms with Gasteiger partial charge in [-0.25, -0.2) is 0 Å². The van der Waals surface area contributed by atoms with E-state index in [0.717, 1.165) is 17.6 Å². The Morgan fingerprint density at radius 3 is 2.89 bits per heavy atom. The molecule has 2 fully saturated rings. The largest absolute Gasteiger partial charge is 0.378 e. The van der Waals surface area contributed by atoms with Gasteiger partial charge in [-0.15, -0.1) is 0 Å². The molecule has 2 aliphatic rings. The van der Waals surface area contributed by atoms with Crippen LogP contribution in [0.4, 0.5) is 0 Å². The van der Waals surface area contributed by atoms with Crippen molar-refractivity contribution in [3.8, 4) is 0 Å². The summed E-state index contributed by atoms with van der Waals surface area (Å²) >= 11 is 3.53. The lowest BCUT2D eigenvalue weighted by molar-refractivity contribution is -0.173. The number of hydrogen-bond donors (Lipinski definition) is 1. The number of benzene rings is 1. The summed E-state index contributed by atoms with van der Waals surface area (Å²) in [5.41, 5.74) is 1.81. The first-order valence-electron chi connectivity index (χ1n) is 7.34. The van der Waals surface area contributed by atoms with Gasteiger partial charge in [0.2, 0.25) is 0 Å². The van der Waals surface area contributed by atoms with Crippen LogP contribution in [-0.4, -0.2) is 18.8 Å². The molecule has 3 heteroatoms. The van der Waals surface area contributed by atoms with Gasteiger partial charge in [-0.05, 0) is 43.9 Å². The minimum Gasteiger partial charge on any atom is -0.378 e. The highest BCUT2D eigenvalue weighted by molar-refractivity contribution is 9.10. The van der Waals surface area contributed by atoms with Gasteiger partial charge in [0.1, 0.15) is 0 Å². The fraction of sp³-hybridized carbons (Fsp3) is 0.625. The second-order valence-electron chi connectivity index (χ2n) is 5.83. The second-order valence-corrected chi connectivity index (χ2v) is 6.75. The smallest absolute Gasteiger partial charge is 0.0661 e. The molecular weight excluding hydrogens is 302 g/mol. The van der Waals surface area contributed by atoms with Crippen LogP contribution in [0.1, 0.15) is 38.2 Å². The molecule has 0 aliphatic heterocycles. The third-order valence-electron chi connectivity index (χ3n) is 4.88. The number of halogens is 1. The van der Waals surface area contributed by atoms with E-state index >= 15 is 0 Å². The molecule has 0 saturated heterocycles. The Morgan fingerprint density at radius 2 is 2.26 bits per heavy atom. The van der Waals surface area contributed by atoms with Gasteiger partial charge >= 0.3 is 0 Å². The van der Waals surface area contributed by atoms with E-state index < -0.39 is 0 Å². The fourth-order valence-electron chi connectivity index (χ4n) is 3.61. The highest BCUT2D eigenvalue weighted by Crippen LogP contribution is 2.57. The number of rotatable bonds is 5. The molecule has 2 atom stereocenters. The summed E-state index contributed by atoms with van der Waals surface area (Å²) in [7, 11) is 0. The number of ether oxygens (including phenoxy) is 1. The van der Waals surface area contributed by atoms with E-state index in [1.807, 2.05) is 0 Å². The molecule has 2 unspecified atom stereocenters. The topological polar surface area (TPSA) is 21.3 Å². The average molecular weight is 324 g/mol. The van der Waals surface area contributed by atoms with Crippen LogP contribution in [-0.2, 0) is 11.3 Å². The zero-order chi connectivity index (χ0) is 13.3. The zero-order valence-electron chi connectivity index (χ0n) is 11.5. The maximum Gasteiger partial charge on any atom is 0.0661 e. The van der Waals surface area contributed by atoms with Crippen LogP contribution in [0.25, 0.3) is 0 Å². The molecule has 0 aromatic heterocycles. The molecule has 1 aromatic carbocycles. The van der Waals surface area contributed by atoms with E-state index in [-0.39, 0.29) is 0 Å². The van der Waals surface area contributed by atoms with Gasteiger partial charge in [-0.3, -0.25) is 0 Å². The summed E-state index contributed by atoms with van der Waals surface area (Å²) < 4.78 is 7.05. The van der Waals surface area contributed by atoms with Gasteiger partial charge in [0.25, 0.3) is 0 Å². The molecule has 0 radical (unpaired) electrons. The van der Waals surface area contributed by atoms with E-state index in [1.54, 1.807) is 0 Å². The van der Waals surface area contributed by atoms with E-state index in [4.69, 9.17) is 4.74 Å². The second kappa shape index (κ2) is 5.55. The van der Waals surface area contributed by atoms with E-state index in [2.05, 4.69) is 52.4 Å².